The van der Waals surface area contributed by atoms with Crippen molar-refractivity contribution in [2.75, 3.05) is 0 Å². The SMILES string of the molecule is CC(=N)CC1(C#N)CCC[C@@H](C)C1. The first-order valence-corrected chi connectivity index (χ1v) is 5.03. The summed E-state index contributed by atoms with van der Waals surface area (Å²) in [4.78, 5) is 0. The largest absolute Gasteiger partial charge is 0.310 e. The van der Waals surface area contributed by atoms with Gasteiger partial charge in [0.1, 0.15) is 0 Å². The van der Waals surface area contributed by atoms with Gasteiger partial charge in [-0.2, -0.15) is 5.26 Å². The second-order valence-electron chi connectivity index (χ2n) is 4.55. The Bertz CT molecular complexity index is 239. The summed E-state index contributed by atoms with van der Waals surface area (Å²) in [7, 11) is 0. The van der Waals surface area contributed by atoms with Crippen molar-refractivity contribution in [1.29, 1.82) is 10.7 Å². The van der Waals surface area contributed by atoms with Gasteiger partial charge < -0.3 is 5.41 Å². The van der Waals surface area contributed by atoms with E-state index in [1.54, 1.807) is 6.92 Å². The molecular weight excluding hydrogens is 160 g/mol. The number of nitrogens with zero attached hydrogens (tertiary/aromatic N) is 1. The van der Waals surface area contributed by atoms with E-state index >= 15 is 0 Å². The van der Waals surface area contributed by atoms with E-state index < -0.39 is 0 Å². The summed E-state index contributed by atoms with van der Waals surface area (Å²) in [6, 6.07) is 2.44. The lowest BCUT2D eigenvalue weighted by Crippen LogP contribution is -2.28. The Hall–Kier alpha value is -0.840. The van der Waals surface area contributed by atoms with Crippen LogP contribution in [0.5, 0.6) is 0 Å². The van der Waals surface area contributed by atoms with E-state index in [9.17, 15) is 0 Å². The summed E-state index contributed by atoms with van der Waals surface area (Å²) < 4.78 is 0. The van der Waals surface area contributed by atoms with Gasteiger partial charge in [-0.3, -0.25) is 0 Å². The number of nitriles is 1. The van der Waals surface area contributed by atoms with Gasteiger partial charge in [-0.25, -0.2) is 0 Å². The summed E-state index contributed by atoms with van der Waals surface area (Å²) in [5, 5.41) is 16.6. The number of rotatable bonds is 2. The van der Waals surface area contributed by atoms with E-state index in [2.05, 4.69) is 13.0 Å². The molecule has 1 rings (SSSR count). The summed E-state index contributed by atoms with van der Waals surface area (Å²) in [6.07, 6.45) is 5.06. The Balaban J connectivity index is 2.69. The highest BCUT2D eigenvalue weighted by molar-refractivity contribution is 5.79. The van der Waals surface area contributed by atoms with Crippen molar-refractivity contribution in [3.05, 3.63) is 0 Å². The van der Waals surface area contributed by atoms with Crippen molar-refractivity contribution < 1.29 is 0 Å². The van der Waals surface area contributed by atoms with Gasteiger partial charge in [0.25, 0.3) is 0 Å². The minimum absolute atomic E-state index is 0.205. The molecule has 0 saturated heterocycles. The molecule has 0 aromatic carbocycles. The monoisotopic (exact) mass is 178 g/mol. The minimum atomic E-state index is -0.205. The maximum atomic E-state index is 9.16. The molecule has 2 atom stereocenters. The molecule has 1 aliphatic rings. The second kappa shape index (κ2) is 3.91. The highest BCUT2D eigenvalue weighted by Gasteiger charge is 2.35. The molecule has 0 aliphatic heterocycles. The first kappa shape index (κ1) is 10.2. The molecule has 0 bridgehead atoms. The Labute approximate surface area is 80.5 Å². The Morgan fingerprint density at radius 1 is 1.69 bits per heavy atom. The van der Waals surface area contributed by atoms with E-state index in [0.29, 0.717) is 18.1 Å². The highest BCUT2D eigenvalue weighted by atomic mass is 14.5. The normalized spacial score (nSPS) is 33.8. The predicted molar refractivity (Wildman–Crippen MR) is 53.7 cm³/mol. The van der Waals surface area contributed by atoms with Gasteiger partial charge in [-0.05, 0) is 25.7 Å². The average molecular weight is 178 g/mol. The third-order valence-electron chi connectivity index (χ3n) is 2.93. The molecule has 2 heteroatoms. The fourth-order valence-electron chi connectivity index (χ4n) is 2.47. The number of hydrogen-bond donors (Lipinski definition) is 1. The first-order chi connectivity index (χ1) is 6.08. The molecule has 1 saturated carbocycles. The van der Waals surface area contributed by atoms with Crippen molar-refractivity contribution >= 4 is 5.71 Å². The standard InChI is InChI=1S/C11H18N2/c1-9-4-3-5-11(6-9,8-12)7-10(2)13/h9,13H,3-7H2,1-2H3/t9-,11?/m1/s1. The first-order valence-electron chi connectivity index (χ1n) is 5.03. The molecule has 0 radical (unpaired) electrons. The van der Waals surface area contributed by atoms with Crippen LogP contribution in [-0.4, -0.2) is 5.71 Å². The topological polar surface area (TPSA) is 47.6 Å². The summed E-state index contributed by atoms with van der Waals surface area (Å²) in [5.41, 5.74) is 0.444. The van der Waals surface area contributed by atoms with Crippen LogP contribution in [0.1, 0.15) is 46.0 Å². The lowest BCUT2D eigenvalue weighted by molar-refractivity contribution is 0.218. The number of hydrogen-bond acceptors (Lipinski definition) is 2. The van der Waals surface area contributed by atoms with Gasteiger partial charge >= 0.3 is 0 Å². The van der Waals surface area contributed by atoms with Crippen LogP contribution >= 0.6 is 0 Å². The third kappa shape index (κ3) is 2.55. The zero-order valence-electron chi connectivity index (χ0n) is 8.56. The van der Waals surface area contributed by atoms with Gasteiger partial charge in [0.05, 0.1) is 11.5 Å². The molecule has 72 valence electrons. The van der Waals surface area contributed by atoms with E-state index in [1.165, 1.54) is 6.42 Å². The van der Waals surface area contributed by atoms with Crippen molar-refractivity contribution in [2.24, 2.45) is 11.3 Å². The van der Waals surface area contributed by atoms with Crippen LogP contribution in [0, 0.1) is 28.1 Å². The molecule has 0 amide bonds. The number of nitrogens with one attached hydrogen (secondary N) is 1. The van der Waals surface area contributed by atoms with E-state index in [0.717, 1.165) is 19.3 Å². The maximum absolute atomic E-state index is 9.16. The van der Waals surface area contributed by atoms with Crippen LogP contribution in [0.2, 0.25) is 0 Å². The van der Waals surface area contributed by atoms with Crippen molar-refractivity contribution in [3.63, 3.8) is 0 Å². The van der Waals surface area contributed by atoms with E-state index in [1.807, 2.05) is 0 Å². The summed E-state index contributed by atoms with van der Waals surface area (Å²) >= 11 is 0. The Morgan fingerprint density at radius 2 is 2.38 bits per heavy atom. The fourth-order valence-corrected chi connectivity index (χ4v) is 2.47. The zero-order chi connectivity index (χ0) is 9.90. The van der Waals surface area contributed by atoms with Crippen LogP contribution in [0.15, 0.2) is 0 Å². The molecule has 0 spiro atoms. The molecule has 0 aromatic rings. The summed E-state index contributed by atoms with van der Waals surface area (Å²) in [6.45, 7) is 4.02. The molecule has 1 N–H and O–H groups in total. The lowest BCUT2D eigenvalue weighted by atomic mass is 9.68. The van der Waals surface area contributed by atoms with E-state index in [4.69, 9.17) is 10.7 Å². The summed E-state index contributed by atoms with van der Waals surface area (Å²) in [5.74, 6) is 0.660. The van der Waals surface area contributed by atoms with Crippen molar-refractivity contribution in [3.8, 4) is 6.07 Å². The molecular formula is C11H18N2. The van der Waals surface area contributed by atoms with Gasteiger partial charge in [0.2, 0.25) is 0 Å². The third-order valence-corrected chi connectivity index (χ3v) is 2.93. The van der Waals surface area contributed by atoms with Crippen LogP contribution in [0.25, 0.3) is 0 Å². The molecule has 0 aromatic heterocycles. The van der Waals surface area contributed by atoms with Gasteiger partial charge in [-0.1, -0.05) is 19.8 Å². The van der Waals surface area contributed by atoms with Crippen LogP contribution < -0.4 is 0 Å². The molecule has 13 heavy (non-hydrogen) atoms. The van der Waals surface area contributed by atoms with Crippen molar-refractivity contribution in [1.82, 2.24) is 0 Å². The molecule has 1 aliphatic carbocycles. The second-order valence-corrected chi connectivity index (χ2v) is 4.55. The van der Waals surface area contributed by atoms with Crippen LogP contribution in [0.4, 0.5) is 0 Å². The lowest BCUT2D eigenvalue weighted by Gasteiger charge is -2.34. The van der Waals surface area contributed by atoms with Gasteiger partial charge in [-0.15, -0.1) is 0 Å². The van der Waals surface area contributed by atoms with Gasteiger partial charge in [0.15, 0.2) is 0 Å². The molecule has 1 fully saturated rings. The maximum Gasteiger partial charge on any atom is 0.0693 e. The minimum Gasteiger partial charge on any atom is -0.310 e. The predicted octanol–water partition coefficient (Wildman–Crippen LogP) is 3.14. The molecule has 1 unspecified atom stereocenters. The smallest absolute Gasteiger partial charge is 0.0693 e. The fraction of sp³-hybridized carbons (Fsp3) is 0.818. The zero-order valence-corrected chi connectivity index (χ0v) is 8.56. The quantitative estimate of drug-likeness (QED) is 0.649. The highest BCUT2D eigenvalue weighted by Crippen LogP contribution is 2.41. The van der Waals surface area contributed by atoms with Crippen LogP contribution in [-0.2, 0) is 0 Å². The van der Waals surface area contributed by atoms with Crippen molar-refractivity contribution in [2.45, 2.75) is 46.0 Å². The molecule has 0 heterocycles. The molecule has 2 nitrogen and oxygen atoms in total. The Morgan fingerprint density at radius 3 is 2.85 bits per heavy atom. The van der Waals surface area contributed by atoms with Crippen LogP contribution in [0.3, 0.4) is 0 Å². The average Bonchev–Trinajstić information content (AvgIpc) is 2.03. The van der Waals surface area contributed by atoms with Gasteiger partial charge in [0, 0.05) is 12.1 Å². The van der Waals surface area contributed by atoms with E-state index in [-0.39, 0.29) is 5.41 Å². The Kier molecular flexibility index (Phi) is 3.08.